The second-order valence-electron chi connectivity index (χ2n) is 7.26. The van der Waals surface area contributed by atoms with Gasteiger partial charge < -0.3 is 25.4 Å². The molecule has 8 nitrogen and oxygen atoms in total. The van der Waals surface area contributed by atoms with Crippen LogP contribution in [-0.4, -0.2) is 26.8 Å². The first kappa shape index (κ1) is 22.9. The molecule has 2 amide bonds. The van der Waals surface area contributed by atoms with Gasteiger partial charge in [0.2, 0.25) is 0 Å². The first-order chi connectivity index (χ1) is 15.2. The summed E-state index contributed by atoms with van der Waals surface area (Å²) in [5.74, 6) is -1.51. The van der Waals surface area contributed by atoms with Gasteiger partial charge in [0.15, 0.2) is 5.69 Å². The Kier molecular flexibility index (Phi) is 7.17. The van der Waals surface area contributed by atoms with Gasteiger partial charge in [-0.25, -0.2) is 4.79 Å². The summed E-state index contributed by atoms with van der Waals surface area (Å²) in [6.07, 6.45) is 1.04. The maximum atomic E-state index is 12.8. The Morgan fingerprint density at radius 1 is 1.09 bits per heavy atom. The zero-order chi connectivity index (χ0) is 23.3. The minimum Gasteiger partial charge on any atom is -0.505 e. The van der Waals surface area contributed by atoms with Crippen molar-refractivity contribution in [3.63, 3.8) is 0 Å². The van der Waals surface area contributed by atoms with Gasteiger partial charge >= 0.3 is 12.0 Å². The van der Waals surface area contributed by atoms with Gasteiger partial charge in [0.25, 0.3) is 5.56 Å². The van der Waals surface area contributed by atoms with Gasteiger partial charge in [-0.1, -0.05) is 59.6 Å². The molecule has 0 spiro atoms. The molecule has 2 aromatic carbocycles. The number of aliphatic carboxylic acids is 1. The van der Waals surface area contributed by atoms with E-state index in [9.17, 15) is 24.6 Å². The number of aromatic nitrogens is 1. The van der Waals surface area contributed by atoms with Crippen LogP contribution in [-0.2, 0) is 11.3 Å². The zero-order valence-corrected chi connectivity index (χ0v) is 18.0. The standard InChI is InChI=1S/C23H22ClN3O5/c1-14-6-8-15(9-7-14)18(12-20(29)30)25-23(32)26-21-19(28)10-11-27(22(21)31)13-16-4-2-3-5-17(16)24/h2-11,18,28H,12-13H2,1H3,(H,29,30)(H2,25,26,32)/t18-/m1/s1. The fraction of sp³-hybridized carbons (Fsp3) is 0.174. The van der Waals surface area contributed by atoms with Crippen LogP contribution in [0.5, 0.6) is 5.75 Å². The lowest BCUT2D eigenvalue weighted by Gasteiger charge is -2.18. The highest BCUT2D eigenvalue weighted by atomic mass is 35.5. The van der Waals surface area contributed by atoms with Crippen molar-refractivity contribution in [2.75, 3.05) is 5.32 Å². The smallest absolute Gasteiger partial charge is 0.319 e. The van der Waals surface area contributed by atoms with Crippen LogP contribution in [0.25, 0.3) is 0 Å². The highest BCUT2D eigenvalue weighted by Crippen LogP contribution is 2.21. The number of halogens is 1. The molecule has 0 aliphatic heterocycles. The molecule has 3 rings (SSSR count). The number of aromatic hydroxyl groups is 1. The third kappa shape index (κ3) is 5.67. The van der Waals surface area contributed by atoms with Gasteiger partial charge in [-0.05, 0) is 30.2 Å². The summed E-state index contributed by atoms with van der Waals surface area (Å²) in [5, 5.41) is 24.7. The Balaban J connectivity index is 1.81. The van der Waals surface area contributed by atoms with Gasteiger partial charge in [-0.2, -0.15) is 0 Å². The summed E-state index contributed by atoms with van der Waals surface area (Å²) in [6.45, 7) is 2.03. The number of urea groups is 1. The molecule has 32 heavy (non-hydrogen) atoms. The number of pyridine rings is 1. The van der Waals surface area contributed by atoms with E-state index in [-0.39, 0.29) is 18.7 Å². The van der Waals surface area contributed by atoms with Crippen LogP contribution in [0.15, 0.2) is 65.6 Å². The number of carbonyl (C=O) groups excluding carboxylic acids is 1. The van der Waals surface area contributed by atoms with Crippen LogP contribution >= 0.6 is 11.6 Å². The molecule has 0 unspecified atom stereocenters. The summed E-state index contributed by atoms with van der Waals surface area (Å²) in [4.78, 5) is 36.7. The molecule has 4 N–H and O–H groups in total. The van der Waals surface area contributed by atoms with E-state index in [1.165, 1.54) is 16.8 Å². The summed E-state index contributed by atoms with van der Waals surface area (Å²) in [6, 6.07) is 13.7. The molecule has 0 radical (unpaired) electrons. The minimum absolute atomic E-state index is 0.139. The first-order valence-electron chi connectivity index (χ1n) is 9.76. The van der Waals surface area contributed by atoms with E-state index < -0.39 is 29.4 Å². The number of carboxylic acids is 1. The number of aryl methyl sites for hydroxylation is 1. The molecule has 0 saturated heterocycles. The SMILES string of the molecule is Cc1ccc([C@@H](CC(=O)O)NC(=O)Nc2c(O)ccn(Cc3ccccc3Cl)c2=O)cc1. The van der Waals surface area contributed by atoms with Crippen LogP contribution in [0.2, 0.25) is 5.02 Å². The van der Waals surface area contributed by atoms with Crippen molar-refractivity contribution < 1.29 is 19.8 Å². The molecule has 166 valence electrons. The monoisotopic (exact) mass is 455 g/mol. The number of benzene rings is 2. The molecule has 1 atom stereocenters. The Bertz CT molecular complexity index is 1190. The molecular weight excluding hydrogens is 434 g/mol. The largest absolute Gasteiger partial charge is 0.505 e. The van der Waals surface area contributed by atoms with Crippen molar-refractivity contribution in [2.24, 2.45) is 0 Å². The average Bonchev–Trinajstić information content (AvgIpc) is 2.74. The molecule has 9 heteroatoms. The number of amides is 2. The fourth-order valence-electron chi connectivity index (χ4n) is 3.15. The highest BCUT2D eigenvalue weighted by molar-refractivity contribution is 6.31. The molecule has 0 fully saturated rings. The van der Waals surface area contributed by atoms with E-state index >= 15 is 0 Å². The topological polar surface area (TPSA) is 121 Å². The lowest BCUT2D eigenvalue weighted by atomic mass is 10.0. The molecule has 0 aliphatic rings. The molecule has 0 aliphatic carbocycles. The molecule has 0 saturated carbocycles. The predicted octanol–water partition coefficient (Wildman–Crippen LogP) is 3.90. The summed E-state index contributed by atoms with van der Waals surface area (Å²) >= 11 is 6.16. The Morgan fingerprint density at radius 2 is 1.78 bits per heavy atom. The van der Waals surface area contributed by atoms with E-state index in [2.05, 4.69) is 10.6 Å². The van der Waals surface area contributed by atoms with Gasteiger partial charge in [0.05, 0.1) is 19.0 Å². The molecule has 1 heterocycles. The predicted molar refractivity (Wildman–Crippen MR) is 121 cm³/mol. The third-order valence-corrected chi connectivity index (χ3v) is 5.21. The number of hydrogen-bond donors (Lipinski definition) is 4. The van der Waals surface area contributed by atoms with Gasteiger partial charge in [0, 0.05) is 11.2 Å². The number of hydrogen-bond acceptors (Lipinski definition) is 4. The van der Waals surface area contributed by atoms with Crippen LogP contribution in [0, 0.1) is 6.92 Å². The normalized spacial score (nSPS) is 11.6. The number of carboxylic acid groups (broad SMARTS) is 1. The fourth-order valence-corrected chi connectivity index (χ4v) is 3.35. The average molecular weight is 456 g/mol. The Labute approximate surface area is 189 Å². The van der Waals surface area contributed by atoms with Crippen molar-refractivity contribution >= 4 is 29.3 Å². The number of nitrogens with zero attached hydrogens (tertiary/aromatic N) is 1. The number of anilines is 1. The quantitative estimate of drug-likeness (QED) is 0.430. The maximum Gasteiger partial charge on any atom is 0.319 e. The van der Waals surface area contributed by atoms with Crippen molar-refractivity contribution in [1.82, 2.24) is 9.88 Å². The van der Waals surface area contributed by atoms with Crippen molar-refractivity contribution in [1.29, 1.82) is 0 Å². The molecule has 0 bridgehead atoms. The second kappa shape index (κ2) is 10.0. The van der Waals surface area contributed by atoms with E-state index in [4.69, 9.17) is 11.6 Å². The van der Waals surface area contributed by atoms with E-state index in [1.54, 1.807) is 48.5 Å². The first-order valence-corrected chi connectivity index (χ1v) is 10.1. The zero-order valence-electron chi connectivity index (χ0n) is 17.2. The lowest BCUT2D eigenvalue weighted by Crippen LogP contribution is -2.36. The van der Waals surface area contributed by atoms with E-state index in [0.717, 1.165) is 5.56 Å². The molecule has 3 aromatic rings. The van der Waals surface area contributed by atoms with Gasteiger partial charge in [-0.3, -0.25) is 9.59 Å². The molecule has 1 aromatic heterocycles. The van der Waals surface area contributed by atoms with Crippen molar-refractivity contribution in [3.8, 4) is 5.75 Å². The van der Waals surface area contributed by atoms with Crippen molar-refractivity contribution in [2.45, 2.75) is 25.9 Å². The number of rotatable bonds is 7. The van der Waals surface area contributed by atoms with Crippen LogP contribution in [0.3, 0.4) is 0 Å². The molecular formula is C23H22ClN3O5. The van der Waals surface area contributed by atoms with Gasteiger partial charge in [-0.15, -0.1) is 0 Å². The lowest BCUT2D eigenvalue weighted by molar-refractivity contribution is -0.137. The maximum absolute atomic E-state index is 12.8. The van der Waals surface area contributed by atoms with E-state index in [1.807, 2.05) is 6.92 Å². The highest BCUT2D eigenvalue weighted by Gasteiger charge is 2.20. The summed E-state index contributed by atoms with van der Waals surface area (Å²) in [7, 11) is 0. The Hall–Kier alpha value is -3.78. The van der Waals surface area contributed by atoms with Gasteiger partial charge in [0.1, 0.15) is 5.75 Å². The van der Waals surface area contributed by atoms with Crippen LogP contribution < -0.4 is 16.2 Å². The van der Waals surface area contributed by atoms with Crippen LogP contribution in [0.4, 0.5) is 10.5 Å². The van der Waals surface area contributed by atoms with E-state index in [0.29, 0.717) is 16.1 Å². The number of nitrogens with one attached hydrogen (secondary N) is 2. The Morgan fingerprint density at radius 3 is 2.44 bits per heavy atom. The van der Waals surface area contributed by atoms with Crippen LogP contribution in [0.1, 0.15) is 29.2 Å². The third-order valence-electron chi connectivity index (χ3n) is 4.84. The number of carbonyl (C=O) groups is 2. The minimum atomic E-state index is -1.10. The summed E-state index contributed by atoms with van der Waals surface area (Å²) < 4.78 is 1.30. The second-order valence-corrected chi connectivity index (χ2v) is 7.67. The summed E-state index contributed by atoms with van der Waals surface area (Å²) in [5.41, 5.74) is 1.32. The van der Waals surface area contributed by atoms with Crippen molar-refractivity contribution in [3.05, 3.63) is 92.9 Å².